The van der Waals surface area contributed by atoms with E-state index in [1.807, 2.05) is 6.92 Å². The predicted molar refractivity (Wildman–Crippen MR) is 146 cm³/mol. The van der Waals surface area contributed by atoms with Gasteiger partial charge in [0.2, 0.25) is 0 Å². The number of likely N-dealkylation sites (tertiary alicyclic amines) is 1. The average Bonchev–Trinajstić information content (AvgIpc) is 2.88. The third kappa shape index (κ3) is 6.43. The number of hydrogen-bond acceptors (Lipinski definition) is 7. The predicted octanol–water partition coefficient (Wildman–Crippen LogP) is 3.17. The molecule has 4 rings (SSSR count). The standard InChI is InChI=1S/C28H39FN6O3/c1-3-20-14-23(26(37)16-25(20)36)27(30)35(28(31)38)22-5-4-21(24(29)15-22)18-34-12-10-33(11-13-34)17-19-6-8-32(2)9-7-19/h4-5,14-16,19,30,36-37H,3,6-13,17-18H2,1-2H3,(H2,31,38). The first-order chi connectivity index (χ1) is 18.2. The lowest BCUT2D eigenvalue weighted by Crippen LogP contribution is -2.48. The van der Waals surface area contributed by atoms with Gasteiger partial charge < -0.3 is 25.7 Å². The van der Waals surface area contributed by atoms with Crippen molar-refractivity contribution in [2.45, 2.75) is 32.7 Å². The van der Waals surface area contributed by atoms with Crippen molar-refractivity contribution in [1.82, 2.24) is 14.7 Å². The van der Waals surface area contributed by atoms with Crippen LogP contribution in [0.1, 0.15) is 36.5 Å². The minimum absolute atomic E-state index is 0.0149. The lowest BCUT2D eigenvalue weighted by Gasteiger charge is -2.38. The van der Waals surface area contributed by atoms with E-state index in [-0.39, 0.29) is 22.7 Å². The van der Waals surface area contributed by atoms with Crippen LogP contribution in [0.2, 0.25) is 0 Å². The summed E-state index contributed by atoms with van der Waals surface area (Å²) in [5.74, 6) is -0.614. The van der Waals surface area contributed by atoms with Crippen LogP contribution in [0.5, 0.6) is 11.5 Å². The number of rotatable bonds is 7. The van der Waals surface area contributed by atoms with Gasteiger partial charge in [0.05, 0.1) is 11.3 Å². The van der Waals surface area contributed by atoms with Crippen molar-refractivity contribution >= 4 is 17.6 Å². The SMILES string of the molecule is CCc1cc(C(=N)N(C(N)=O)c2ccc(CN3CCN(CC4CCN(C)CC4)CC3)c(F)c2)c(O)cc1O. The number of aromatic hydroxyl groups is 2. The summed E-state index contributed by atoms with van der Waals surface area (Å²) in [6.45, 7) is 9.41. The topological polar surface area (TPSA) is 120 Å². The highest BCUT2D eigenvalue weighted by Crippen LogP contribution is 2.30. The van der Waals surface area contributed by atoms with Crippen LogP contribution in [0.25, 0.3) is 0 Å². The number of nitrogens with one attached hydrogen (secondary N) is 1. The van der Waals surface area contributed by atoms with Crippen molar-refractivity contribution in [2.75, 3.05) is 57.8 Å². The Morgan fingerprint density at radius 3 is 2.29 bits per heavy atom. The summed E-state index contributed by atoms with van der Waals surface area (Å²) in [6, 6.07) is 5.95. The highest BCUT2D eigenvalue weighted by molar-refractivity contribution is 6.22. The van der Waals surface area contributed by atoms with E-state index in [4.69, 9.17) is 11.1 Å². The van der Waals surface area contributed by atoms with E-state index in [0.717, 1.165) is 49.6 Å². The van der Waals surface area contributed by atoms with Crippen molar-refractivity contribution in [1.29, 1.82) is 5.41 Å². The van der Waals surface area contributed by atoms with Gasteiger partial charge in [-0.3, -0.25) is 10.3 Å². The van der Waals surface area contributed by atoms with Crippen LogP contribution in [-0.4, -0.2) is 89.6 Å². The van der Waals surface area contributed by atoms with Crippen LogP contribution in [-0.2, 0) is 13.0 Å². The maximum atomic E-state index is 15.2. The number of amidine groups is 1. The van der Waals surface area contributed by atoms with Crippen molar-refractivity contribution in [3.05, 3.63) is 52.8 Å². The Labute approximate surface area is 223 Å². The number of carbonyl (C=O) groups is 1. The monoisotopic (exact) mass is 526 g/mol. The Morgan fingerprint density at radius 1 is 1.03 bits per heavy atom. The van der Waals surface area contributed by atoms with Gasteiger partial charge in [-0.05, 0) is 69.1 Å². The molecule has 0 bridgehead atoms. The van der Waals surface area contributed by atoms with Gasteiger partial charge in [-0.1, -0.05) is 13.0 Å². The summed E-state index contributed by atoms with van der Waals surface area (Å²) in [6.07, 6.45) is 2.96. The summed E-state index contributed by atoms with van der Waals surface area (Å²) in [7, 11) is 2.18. The third-order valence-electron chi connectivity index (χ3n) is 7.79. The molecule has 0 atom stereocenters. The number of primary amides is 1. The van der Waals surface area contributed by atoms with Crippen LogP contribution in [0.3, 0.4) is 0 Å². The largest absolute Gasteiger partial charge is 0.508 e. The molecule has 0 unspecified atom stereocenters. The number of piperidine rings is 1. The molecule has 5 N–H and O–H groups in total. The Morgan fingerprint density at radius 2 is 1.68 bits per heavy atom. The molecule has 2 aliphatic heterocycles. The van der Waals surface area contributed by atoms with Crippen LogP contribution >= 0.6 is 0 Å². The molecule has 9 nitrogen and oxygen atoms in total. The number of anilines is 1. The molecular formula is C28H39FN6O3. The Bertz CT molecular complexity index is 1160. The minimum Gasteiger partial charge on any atom is -0.508 e. The summed E-state index contributed by atoms with van der Waals surface area (Å²) in [4.78, 5) is 20.3. The second-order valence-electron chi connectivity index (χ2n) is 10.5. The number of carbonyl (C=O) groups excluding carboxylic acids is 1. The molecule has 2 aromatic rings. The molecule has 2 heterocycles. The molecule has 0 aliphatic carbocycles. The molecule has 0 spiro atoms. The molecule has 0 radical (unpaired) electrons. The molecule has 2 aliphatic rings. The maximum Gasteiger partial charge on any atom is 0.325 e. The summed E-state index contributed by atoms with van der Waals surface area (Å²) in [5, 5.41) is 28.8. The zero-order valence-electron chi connectivity index (χ0n) is 22.3. The quantitative estimate of drug-likeness (QED) is 0.325. The van der Waals surface area contributed by atoms with E-state index in [2.05, 4.69) is 21.7 Å². The summed E-state index contributed by atoms with van der Waals surface area (Å²) < 4.78 is 15.2. The number of benzene rings is 2. The second-order valence-corrected chi connectivity index (χ2v) is 10.5. The van der Waals surface area contributed by atoms with Crippen LogP contribution in [0, 0.1) is 17.1 Å². The molecule has 0 saturated carbocycles. The first kappa shape index (κ1) is 27.8. The first-order valence-corrected chi connectivity index (χ1v) is 13.3. The molecule has 0 aromatic heterocycles. The van der Waals surface area contributed by atoms with E-state index in [0.29, 0.717) is 24.1 Å². The maximum absolute atomic E-state index is 15.2. The smallest absolute Gasteiger partial charge is 0.325 e. The molecular weight excluding hydrogens is 487 g/mol. The second kappa shape index (κ2) is 12.1. The molecule has 206 valence electrons. The lowest BCUT2D eigenvalue weighted by molar-refractivity contribution is 0.0958. The molecule has 2 aromatic carbocycles. The number of nitrogens with two attached hydrogens (primary N) is 1. The van der Waals surface area contributed by atoms with E-state index in [1.54, 1.807) is 12.1 Å². The number of piperazine rings is 1. The van der Waals surface area contributed by atoms with Gasteiger partial charge in [0, 0.05) is 50.9 Å². The van der Waals surface area contributed by atoms with Crippen LogP contribution in [0.4, 0.5) is 14.9 Å². The van der Waals surface area contributed by atoms with Gasteiger partial charge in [-0.2, -0.15) is 0 Å². The molecule has 2 amide bonds. The number of aryl methyl sites for hydroxylation is 1. The lowest BCUT2D eigenvalue weighted by atomic mass is 9.96. The van der Waals surface area contributed by atoms with E-state index in [9.17, 15) is 15.0 Å². The normalized spacial score (nSPS) is 18.0. The van der Waals surface area contributed by atoms with E-state index >= 15 is 4.39 Å². The number of urea groups is 1. The minimum atomic E-state index is -0.978. The Kier molecular flexibility index (Phi) is 8.86. The first-order valence-electron chi connectivity index (χ1n) is 13.3. The van der Waals surface area contributed by atoms with Crippen LogP contribution < -0.4 is 10.6 Å². The van der Waals surface area contributed by atoms with E-state index < -0.39 is 17.7 Å². The van der Waals surface area contributed by atoms with Crippen molar-refractivity contribution in [3.63, 3.8) is 0 Å². The number of phenols is 2. The van der Waals surface area contributed by atoms with Gasteiger partial charge in [0.25, 0.3) is 0 Å². The van der Waals surface area contributed by atoms with Gasteiger partial charge in [-0.15, -0.1) is 0 Å². The molecule has 2 fully saturated rings. The van der Waals surface area contributed by atoms with Crippen molar-refractivity contribution in [2.24, 2.45) is 11.7 Å². The fraction of sp³-hybridized carbons (Fsp3) is 0.500. The zero-order chi connectivity index (χ0) is 27.4. The highest BCUT2D eigenvalue weighted by atomic mass is 19.1. The average molecular weight is 527 g/mol. The molecule has 10 heteroatoms. The van der Waals surface area contributed by atoms with Gasteiger partial charge in [-0.25, -0.2) is 14.1 Å². The zero-order valence-corrected chi connectivity index (χ0v) is 22.3. The summed E-state index contributed by atoms with van der Waals surface area (Å²) in [5.41, 5.74) is 6.68. The Balaban J connectivity index is 1.40. The van der Waals surface area contributed by atoms with Crippen molar-refractivity contribution in [3.8, 4) is 11.5 Å². The summed E-state index contributed by atoms with van der Waals surface area (Å²) >= 11 is 0. The third-order valence-corrected chi connectivity index (χ3v) is 7.79. The molecule has 2 saturated heterocycles. The van der Waals surface area contributed by atoms with Gasteiger partial charge in [0.1, 0.15) is 23.2 Å². The van der Waals surface area contributed by atoms with Gasteiger partial charge in [0.15, 0.2) is 0 Å². The molecule has 38 heavy (non-hydrogen) atoms. The fourth-order valence-electron chi connectivity index (χ4n) is 5.37. The Hall–Kier alpha value is -3.21. The van der Waals surface area contributed by atoms with Crippen molar-refractivity contribution < 1.29 is 19.4 Å². The van der Waals surface area contributed by atoms with Crippen LogP contribution in [0.15, 0.2) is 30.3 Å². The highest BCUT2D eigenvalue weighted by Gasteiger charge is 2.26. The number of nitrogens with zero attached hydrogens (tertiary/aromatic N) is 4. The van der Waals surface area contributed by atoms with Gasteiger partial charge >= 0.3 is 6.03 Å². The number of phenolic OH excluding ortho intramolecular Hbond substituents is 2. The number of amides is 2. The fourth-order valence-corrected chi connectivity index (χ4v) is 5.37. The van der Waals surface area contributed by atoms with E-state index in [1.165, 1.54) is 38.1 Å². The number of halogens is 1. The number of hydrogen-bond donors (Lipinski definition) is 4.